The predicted molar refractivity (Wildman–Crippen MR) is 122 cm³/mol. The highest BCUT2D eigenvalue weighted by molar-refractivity contribution is 7.21. The molecule has 2 aromatic heterocycles. The first kappa shape index (κ1) is 20.5. The van der Waals surface area contributed by atoms with Gasteiger partial charge in [-0.1, -0.05) is 0 Å². The van der Waals surface area contributed by atoms with Crippen molar-refractivity contribution >= 4 is 49.7 Å². The summed E-state index contributed by atoms with van der Waals surface area (Å²) in [4.78, 5) is 18.6. The Morgan fingerprint density at radius 3 is 2.23 bits per heavy atom. The molecule has 4 rings (SSSR count). The maximum absolute atomic E-state index is 12.9. The number of nitrogen functional groups attached to an aromatic ring is 1. The number of pyridine rings is 1. The standard InChI is InChI=1S/C22H21N3O5S/c1-27-15-6-5-12(9-17(15)29-3)24-21(26)20-19(23)13-7-11-8-16(28-2)18(30-4)10-14(11)25-22(13)31-20/h5-10H,23H2,1-4H3,(H,24,26). The Labute approximate surface area is 182 Å². The van der Waals surface area contributed by atoms with Crippen molar-refractivity contribution in [2.75, 3.05) is 39.5 Å². The fourth-order valence-corrected chi connectivity index (χ4v) is 4.28. The number of methoxy groups -OCH3 is 4. The number of anilines is 2. The SMILES string of the molecule is COc1ccc(NC(=O)c2sc3nc4cc(OC)c(OC)cc4cc3c2N)cc1OC. The molecule has 0 spiro atoms. The second-order valence-corrected chi connectivity index (χ2v) is 7.61. The zero-order chi connectivity index (χ0) is 22.1. The van der Waals surface area contributed by atoms with Gasteiger partial charge in [0, 0.05) is 28.6 Å². The molecule has 2 aromatic carbocycles. The highest BCUT2D eigenvalue weighted by Gasteiger charge is 2.19. The van der Waals surface area contributed by atoms with Crippen LogP contribution in [0.4, 0.5) is 11.4 Å². The molecule has 1 amide bonds. The van der Waals surface area contributed by atoms with Crippen LogP contribution in [0.2, 0.25) is 0 Å². The topological polar surface area (TPSA) is 105 Å². The van der Waals surface area contributed by atoms with Gasteiger partial charge in [0.05, 0.1) is 39.6 Å². The Kier molecular flexibility index (Phi) is 5.43. The number of nitrogens with two attached hydrogens (primary N) is 1. The molecule has 160 valence electrons. The molecule has 2 heterocycles. The van der Waals surface area contributed by atoms with Crippen molar-refractivity contribution < 1.29 is 23.7 Å². The zero-order valence-electron chi connectivity index (χ0n) is 17.4. The third kappa shape index (κ3) is 3.64. The number of hydrogen-bond acceptors (Lipinski definition) is 8. The summed E-state index contributed by atoms with van der Waals surface area (Å²) in [5.41, 5.74) is 7.98. The first-order valence-corrected chi connectivity index (χ1v) is 10.1. The molecule has 0 aliphatic rings. The predicted octanol–water partition coefficient (Wildman–Crippen LogP) is 4.32. The first-order valence-electron chi connectivity index (χ1n) is 9.27. The fourth-order valence-electron chi connectivity index (χ4n) is 3.30. The van der Waals surface area contributed by atoms with E-state index < -0.39 is 0 Å². The molecule has 0 fully saturated rings. The molecule has 0 saturated carbocycles. The van der Waals surface area contributed by atoms with Crippen molar-refractivity contribution in [3.05, 3.63) is 41.3 Å². The Bertz CT molecular complexity index is 1300. The van der Waals surface area contributed by atoms with Gasteiger partial charge in [0.2, 0.25) is 0 Å². The smallest absolute Gasteiger partial charge is 0.267 e. The summed E-state index contributed by atoms with van der Waals surface area (Å²) in [5, 5.41) is 4.40. The van der Waals surface area contributed by atoms with E-state index in [1.807, 2.05) is 12.1 Å². The maximum Gasteiger partial charge on any atom is 0.267 e. The number of thiophene rings is 1. The van der Waals surface area contributed by atoms with Gasteiger partial charge in [0.15, 0.2) is 23.0 Å². The van der Waals surface area contributed by atoms with Gasteiger partial charge in [-0.25, -0.2) is 4.98 Å². The molecule has 0 atom stereocenters. The number of fused-ring (bicyclic) bond motifs is 2. The van der Waals surface area contributed by atoms with Crippen LogP contribution in [0.5, 0.6) is 23.0 Å². The number of rotatable bonds is 6. The Morgan fingerprint density at radius 2 is 1.55 bits per heavy atom. The molecular weight excluding hydrogens is 418 g/mol. The zero-order valence-corrected chi connectivity index (χ0v) is 18.3. The number of ether oxygens (including phenoxy) is 4. The van der Waals surface area contributed by atoms with Crippen LogP contribution in [0.25, 0.3) is 21.1 Å². The van der Waals surface area contributed by atoms with Gasteiger partial charge in [0.1, 0.15) is 9.71 Å². The van der Waals surface area contributed by atoms with Crippen LogP contribution in [0.1, 0.15) is 9.67 Å². The van der Waals surface area contributed by atoms with Crippen molar-refractivity contribution in [1.82, 2.24) is 4.98 Å². The second kappa shape index (κ2) is 8.19. The average Bonchev–Trinajstić information content (AvgIpc) is 3.11. The highest BCUT2D eigenvalue weighted by Crippen LogP contribution is 2.38. The van der Waals surface area contributed by atoms with Crippen LogP contribution in [0.15, 0.2) is 36.4 Å². The van der Waals surface area contributed by atoms with E-state index in [-0.39, 0.29) is 5.91 Å². The monoisotopic (exact) mass is 439 g/mol. The third-order valence-corrected chi connectivity index (χ3v) is 5.98. The van der Waals surface area contributed by atoms with Crippen LogP contribution in [0, 0.1) is 0 Å². The van der Waals surface area contributed by atoms with Gasteiger partial charge in [0.25, 0.3) is 5.91 Å². The normalized spacial score (nSPS) is 10.8. The molecular formula is C22H21N3O5S. The summed E-state index contributed by atoms with van der Waals surface area (Å²) in [6, 6.07) is 10.7. The van der Waals surface area contributed by atoms with Crippen molar-refractivity contribution in [2.24, 2.45) is 0 Å². The lowest BCUT2D eigenvalue weighted by Crippen LogP contribution is -2.12. The van der Waals surface area contributed by atoms with Crippen LogP contribution >= 0.6 is 11.3 Å². The van der Waals surface area contributed by atoms with Crippen molar-refractivity contribution in [3.8, 4) is 23.0 Å². The fraction of sp³-hybridized carbons (Fsp3) is 0.182. The Morgan fingerprint density at radius 1 is 0.903 bits per heavy atom. The lowest BCUT2D eigenvalue weighted by atomic mass is 10.1. The van der Waals surface area contributed by atoms with E-state index in [9.17, 15) is 4.79 Å². The molecule has 0 radical (unpaired) electrons. The van der Waals surface area contributed by atoms with Gasteiger partial charge in [-0.05, 0) is 24.3 Å². The van der Waals surface area contributed by atoms with Gasteiger partial charge >= 0.3 is 0 Å². The largest absolute Gasteiger partial charge is 0.493 e. The highest BCUT2D eigenvalue weighted by atomic mass is 32.1. The van der Waals surface area contributed by atoms with E-state index in [0.717, 1.165) is 10.9 Å². The summed E-state index contributed by atoms with van der Waals surface area (Å²) < 4.78 is 21.2. The molecule has 8 nitrogen and oxygen atoms in total. The second-order valence-electron chi connectivity index (χ2n) is 6.61. The van der Waals surface area contributed by atoms with Gasteiger partial charge in [-0.15, -0.1) is 11.3 Å². The van der Waals surface area contributed by atoms with E-state index in [1.54, 1.807) is 45.6 Å². The maximum atomic E-state index is 12.9. The van der Waals surface area contributed by atoms with Gasteiger partial charge in [-0.2, -0.15) is 0 Å². The van der Waals surface area contributed by atoms with E-state index in [0.29, 0.717) is 49.5 Å². The number of nitrogens with one attached hydrogen (secondary N) is 1. The molecule has 0 bridgehead atoms. The summed E-state index contributed by atoms with van der Waals surface area (Å²) in [5.74, 6) is 1.94. The number of nitrogens with zero attached hydrogens (tertiary/aromatic N) is 1. The third-order valence-electron chi connectivity index (χ3n) is 4.87. The average molecular weight is 439 g/mol. The summed E-state index contributed by atoms with van der Waals surface area (Å²) in [6.45, 7) is 0. The molecule has 0 aliphatic carbocycles. The van der Waals surface area contributed by atoms with Crippen LogP contribution in [0.3, 0.4) is 0 Å². The quantitative estimate of drug-likeness (QED) is 0.461. The molecule has 0 saturated heterocycles. The Balaban J connectivity index is 1.73. The number of carbonyl (C=O) groups is 1. The summed E-state index contributed by atoms with van der Waals surface area (Å²) >= 11 is 1.23. The lowest BCUT2D eigenvalue weighted by Gasteiger charge is -2.10. The number of hydrogen-bond donors (Lipinski definition) is 2. The van der Waals surface area contributed by atoms with E-state index >= 15 is 0 Å². The van der Waals surface area contributed by atoms with Crippen molar-refractivity contribution in [1.29, 1.82) is 0 Å². The molecule has 0 aliphatic heterocycles. The number of carbonyl (C=O) groups excluding carboxylic acids is 1. The van der Waals surface area contributed by atoms with E-state index in [4.69, 9.17) is 24.7 Å². The number of amides is 1. The minimum Gasteiger partial charge on any atom is -0.493 e. The van der Waals surface area contributed by atoms with Gasteiger partial charge in [-0.3, -0.25) is 4.79 Å². The molecule has 9 heteroatoms. The number of aromatic nitrogens is 1. The molecule has 3 N–H and O–H groups in total. The van der Waals surface area contributed by atoms with Gasteiger partial charge < -0.3 is 30.0 Å². The molecule has 31 heavy (non-hydrogen) atoms. The van der Waals surface area contributed by atoms with E-state index in [1.165, 1.54) is 18.4 Å². The van der Waals surface area contributed by atoms with Crippen molar-refractivity contribution in [3.63, 3.8) is 0 Å². The lowest BCUT2D eigenvalue weighted by molar-refractivity contribution is 0.103. The summed E-state index contributed by atoms with van der Waals surface area (Å²) in [6.07, 6.45) is 0. The number of benzene rings is 2. The van der Waals surface area contributed by atoms with Crippen LogP contribution in [-0.2, 0) is 0 Å². The van der Waals surface area contributed by atoms with Crippen LogP contribution < -0.4 is 30.0 Å². The summed E-state index contributed by atoms with van der Waals surface area (Å²) in [7, 11) is 6.23. The van der Waals surface area contributed by atoms with Crippen LogP contribution in [-0.4, -0.2) is 39.3 Å². The van der Waals surface area contributed by atoms with Crippen molar-refractivity contribution in [2.45, 2.75) is 0 Å². The molecule has 0 unspecified atom stereocenters. The van der Waals surface area contributed by atoms with E-state index in [2.05, 4.69) is 10.3 Å². The molecule has 4 aromatic rings. The Hall–Kier alpha value is -3.72. The first-order chi connectivity index (χ1) is 15.0. The minimum absolute atomic E-state index is 0.327. The minimum atomic E-state index is -0.327.